The molecule has 1 aromatic rings. The van der Waals surface area contributed by atoms with Crippen LogP contribution < -0.4 is 9.64 Å². The Hall–Kier alpha value is -2.03. The van der Waals surface area contributed by atoms with E-state index >= 15 is 0 Å². The first-order valence-corrected chi connectivity index (χ1v) is 8.00. The number of anilines is 1. The van der Waals surface area contributed by atoms with Crippen molar-refractivity contribution < 1.29 is 32.5 Å². The number of carbonyl (C=O) groups is 1. The molecule has 25 heavy (non-hydrogen) atoms. The van der Waals surface area contributed by atoms with Crippen molar-refractivity contribution in [1.82, 2.24) is 4.98 Å². The smallest absolute Gasteiger partial charge is 0.418 e. The lowest BCUT2D eigenvalue weighted by molar-refractivity contribution is -0.250. The van der Waals surface area contributed by atoms with Crippen molar-refractivity contribution >= 4 is 11.7 Å². The minimum atomic E-state index is -4.71. The molecule has 1 saturated carbocycles. The van der Waals surface area contributed by atoms with Gasteiger partial charge in [-0.1, -0.05) is 0 Å². The topological polar surface area (TPSA) is 71.9 Å². The first-order chi connectivity index (χ1) is 11.7. The second kappa shape index (κ2) is 6.36. The predicted molar refractivity (Wildman–Crippen MR) is 81.6 cm³/mol. The van der Waals surface area contributed by atoms with Gasteiger partial charge >= 0.3 is 12.1 Å². The van der Waals surface area contributed by atoms with Crippen LogP contribution in [0.15, 0.2) is 12.1 Å². The Morgan fingerprint density at radius 1 is 1.44 bits per heavy atom. The number of nitrogens with zero attached hydrogens (tertiary/aromatic N) is 2. The second-order valence-electron chi connectivity index (χ2n) is 6.47. The van der Waals surface area contributed by atoms with Gasteiger partial charge in [-0.3, -0.25) is 0 Å². The molecule has 1 N–H and O–H groups in total. The van der Waals surface area contributed by atoms with E-state index in [-0.39, 0.29) is 18.1 Å². The second-order valence-corrected chi connectivity index (χ2v) is 6.47. The van der Waals surface area contributed by atoms with Crippen LogP contribution in [-0.4, -0.2) is 54.6 Å². The van der Waals surface area contributed by atoms with Gasteiger partial charge in [-0.15, -0.1) is 0 Å². The van der Waals surface area contributed by atoms with Gasteiger partial charge in [0.1, 0.15) is 5.69 Å². The maximum absolute atomic E-state index is 13.0. The summed E-state index contributed by atoms with van der Waals surface area (Å²) in [5, 5.41) is 9.86. The molecule has 1 aliphatic heterocycles. The molecule has 1 saturated heterocycles. The molecule has 0 aromatic carbocycles. The predicted octanol–water partition coefficient (Wildman–Crippen LogP) is 2.16. The molecule has 1 atom stereocenters. The molecule has 2 aliphatic rings. The minimum absolute atomic E-state index is 0.00898. The Morgan fingerprint density at radius 3 is 2.72 bits per heavy atom. The molecule has 1 unspecified atom stereocenters. The molecule has 0 spiro atoms. The molecule has 1 aliphatic carbocycles. The molecule has 0 radical (unpaired) electrons. The normalized spacial score (nSPS) is 23.6. The third-order valence-electron chi connectivity index (χ3n) is 4.50. The molecule has 2 fully saturated rings. The Kier molecular flexibility index (Phi) is 4.52. The molecular weight excluding hydrogens is 341 g/mol. The minimum Gasteiger partial charge on any atom is -0.476 e. The van der Waals surface area contributed by atoms with Gasteiger partial charge < -0.3 is 19.5 Å². The summed E-state index contributed by atoms with van der Waals surface area (Å²) in [5.74, 6) is -0.167. The van der Waals surface area contributed by atoms with Gasteiger partial charge in [0.05, 0.1) is 20.3 Å². The summed E-state index contributed by atoms with van der Waals surface area (Å²) in [7, 11) is 1.21. The van der Waals surface area contributed by atoms with Gasteiger partial charge in [0, 0.05) is 13.0 Å². The van der Waals surface area contributed by atoms with Gasteiger partial charge in [-0.25, -0.2) is 9.78 Å². The molecule has 0 amide bonds. The monoisotopic (exact) mass is 360 g/mol. The zero-order valence-corrected chi connectivity index (χ0v) is 13.7. The van der Waals surface area contributed by atoms with E-state index in [9.17, 15) is 23.1 Å². The number of hydrogen-bond donors (Lipinski definition) is 1. The van der Waals surface area contributed by atoms with E-state index in [1.165, 1.54) is 24.1 Å². The standard InChI is InChI=1S/C16H19F3N2O4/c1-24-14(22)11-4-5-12(13(20-11)25-8-10-2-3-10)21-7-6-15(23,9-21)16(17,18)19/h4-5,10,23H,2-3,6-9H2,1H3. The van der Waals surface area contributed by atoms with Crippen molar-refractivity contribution in [3.8, 4) is 5.88 Å². The van der Waals surface area contributed by atoms with Crippen LogP contribution in [0.5, 0.6) is 5.88 Å². The maximum atomic E-state index is 13.0. The average molecular weight is 360 g/mol. The van der Waals surface area contributed by atoms with Crippen LogP contribution in [0.3, 0.4) is 0 Å². The average Bonchev–Trinajstić information content (AvgIpc) is 3.31. The highest BCUT2D eigenvalue weighted by Gasteiger charge is 2.57. The lowest BCUT2D eigenvalue weighted by atomic mass is 10.0. The van der Waals surface area contributed by atoms with Crippen LogP contribution in [0.1, 0.15) is 29.8 Å². The van der Waals surface area contributed by atoms with Crippen molar-refractivity contribution in [2.24, 2.45) is 5.92 Å². The molecule has 138 valence electrons. The van der Waals surface area contributed by atoms with E-state index < -0.39 is 30.7 Å². The number of pyridine rings is 1. The number of aliphatic hydroxyl groups is 1. The van der Waals surface area contributed by atoms with Crippen molar-refractivity contribution in [3.63, 3.8) is 0 Å². The number of hydrogen-bond acceptors (Lipinski definition) is 6. The number of alkyl halides is 3. The fourth-order valence-electron chi connectivity index (χ4n) is 2.71. The molecule has 1 aromatic heterocycles. The molecule has 9 heteroatoms. The third-order valence-corrected chi connectivity index (χ3v) is 4.50. The van der Waals surface area contributed by atoms with Crippen LogP contribution in [0.4, 0.5) is 18.9 Å². The maximum Gasteiger partial charge on any atom is 0.418 e. The Labute approximate surface area is 142 Å². The summed E-state index contributed by atoms with van der Waals surface area (Å²) in [6.07, 6.45) is -3.08. The third kappa shape index (κ3) is 3.65. The van der Waals surface area contributed by atoms with Crippen LogP contribution in [0, 0.1) is 5.92 Å². The highest BCUT2D eigenvalue weighted by Crippen LogP contribution is 2.41. The molecule has 2 heterocycles. The SMILES string of the molecule is COC(=O)c1ccc(N2CCC(O)(C(F)(F)F)C2)c(OCC2CC2)n1. The lowest BCUT2D eigenvalue weighted by Gasteiger charge is -2.27. The highest BCUT2D eigenvalue weighted by molar-refractivity contribution is 5.87. The molecule has 6 nitrogen and oxygen atoms in total. The number of aromatic nitrogens is 1. The van der Waals surface area contributed by atoms with E-state index in [4.69, 9.17) is 4.74 Å². The highest BCUT2D eigenvalue weighted by atomic mass is 19.4. The Bertz CT molecular complexity index is 663. The van der Waals surface area contributed by atoms with Gasteiger partial charge in [0.15, 0.2) is 11.3 Å². The van der Waals surface area contributed by atoms with Crippen molar-refractivity contribution in [2.75, 3.05) is 31.7 Å². The van der Waals surface area contributed by atoms with Gasteiger partial charge in [0.25, 0.3) is 0 Å². The molecule has 0 bridgehead atoms. The summed E-state index contributed by atoms with van der Waals surface area (Å²) >= 11 is 0. The first kappa shape index (κ1) is 17.8. The van der Waals surface area contributed by atoms with Crippen LogP contribution in [0.25, 0.3) is 0 Å². The largest absolute Gasteiger partial charge is 0.476 e. The Balaban J connectivity index is 1.85. The number of methoxy groups -OCH3 is 1. The number of halogens is 3. The van der Waals surface area contributed by atoms with Gasteiger partial charge in [0.2, 0.25) is 5.88 Å². The van der Waals surface area contributed by atoms with Gasteiger partial charge in [-0.2, -0.15) is 13.2 Å². The molecular formula is C16H19F3N2O4. The summed E-state index contributed by atoms with van der Waals surface area (Å²) in [6, 6.07) is 2.85. The number of β-amino-alcohol motifs (C(OH)–C–C–N with tert-alkyl or cyclic N) is 1. The van der Waals surface area contributed by atoms with Crippen LogP contribution >= 0.6 is 0 Å². The summed E-state index contributed by atoms with van der Waals surface area (Å²) in [4.78, 5) is 17.1. The quantitative estimate of drug-likeness (QED) is 0.812. The van der Waals surface area contributed by atoms with E-state index in [0.717, 1.165) is 12.8 Å². The Morgan fingerprint density at radius 2 is 2.16 bits per heavy atom. The van der Waals surface area contributed by atoms with E-state index in [2.05, 4.69) is 9.72 Å². The van der Waals surface area contributed by atoms with E-state index in [1.807, 2.05) is 0 Å². The van der Waals surface area contributed by atoms with Crippen molar-refractivity contribution in [3.05, 3.63) is 17.8 Å². The van der Waals surface area contributed by atoms with Gasteiger partial charge in [-0.05, 0) is 30.9 Å². The van der Waals surface area contributed by atoms with E-state index in [0.29, 0.717) is 18.2 Å². The summed E-state index contributed by atoms with van der Waals surface area (Å²) < 4.78 is 49.3. The van der Waals surface area contributed by atoms with E-state index in [1.54, 1.807) is 0 Å². The molecule has 3 rings (SSSR count). The number of carbonyl (C=O) groups excluding carboxylic acids is 1. The fraction of sp³-hybridized carbons (Fsp3) is 0.625. The van der Waals surface area contributed by atoms with Crippen molar-refractivity contribution in [2.45, 2.75) is 31.0 Å². The number of ether oxygens (including phenoxy) is 2. The summed E-state index contributed by atoms with van der Waals surface area (Å²) in [5.41, 5.74) is -2.42. The summed E-state index contributed by atoms with van der Waals surface area (Å²) in [6.45, 7) is -0.202. The zero-order valence-electron chi connectivity index (χ0n) is 13.7. The first-order valence-electron chi connectivity index (χ1n) is 8.00. The number of esters is 1. The zero-order chi connectivity index (χ0) is 18.2. The van der Waals surface area contributed by atoms with Crippen LogP contribution in [-0.2, 0) is 4.74 Å². The number of rotatable bonds is 5. The lowest BCUT2D eigenvalue weighted by Crippen LogP contribution is -2.47. The fourth-order valence-corrected chi connectivity index (χ4v) is 2.71. The van der Waals surface area contributed by atoms with Crippen molar-refractivity contribution in [1.29, 1.82) is 0 Å². The van der Waals surface area contributed by atoms with Crippen LogP contribution in [0.2, 0.25) is 0 Å².